The van der Waals surface area contributed by atoms with E-state index in [1.807, 2.05) is 6.07 Å². The Labute approximate surface area is 153 Å². The number of sulfonamides is 1. The number of anilines is 1. The van der Waals surface area contributed by atoms with Crippen molar-refractivity contribution in [1.29, 1.82) is 0 Å². The third-order valence-corrected chi connectivity index (χ3v) is 4.86. The lowest BCUT2D eigenvalue weighted by molar-refractivity contribution is -0.131. The van der Waals surface area contributed by atoms with Crippen molar-refractivity contribution in [1.82, 2.24) is 9.88 Å². The van der Waals surface area contributed by atoms with Gasteiger partial charge in [0, 0.05) is 25.4 Å². The van der Waals surface area contributed by atoms with E-state index in [4.69, 9.17) is 4.74 Å². The van der Waals surface area contributed by atoms with Crippen LogP contribution in [0.4, 0.5) is 5.69 Å². The fourth-order valence-electron chi connectivity index (χ4n) is 3.06. The Kier molecular flexibility index (Phi) is 5.13. The summed E-state index contributed by atoms with van der Waals surface area (Å²) >= 11 is 0. The summed E-state index contributed by atoms with van der Waals surface area (Å²) in [6.07, 6.45) is 3.56. The first kappa shape index (κ1) is 18.2. The predicted molar refractivity (Wildman–Crippen MR) is 98.5 cm³/mol. The van der Waals surface area contributed by atoms with Crippen LogP contribution in [0, 0.1) is 0 Å². The third-order valence-electron chi connectivity index (χ3n) is 4.27. The standard InChI is InChI=1S/C18H21N3O4S/c1-25-15-6-8-19-14(10-15)11-18(22)21-9-7-16-13(12-21)4-3-5-17(16)20-26(2,23)24/h3-6,8,10,20H,7,9,11-12H2,1-2H3. The molecule has 1 aromatic heterocycles. The molecule has 0 bridgehead atoms. The normalized spacial score (nSPS) is 13.8. The molecule has 1 aromatic carbocycles. The summed E-state index contributed by atoms with van der Waals surface area (Å²) in [6, 6.07) is 8.96. The van der Waals surface area contributed by atoms with Crippen LogP contribution in [0.25, 0.3) is 0 Å². The largest absolute Gasteiger partial charge is 0.497 e. The molecule has 0 saturated carbocycles. The molecule has 26 heavy (non-hydrogen) atoms. The first-order valence-corrected chi connectivity index (χ1v) is 10.1. The molecule has 0 radical (unpaired) electrons. The Bertz CT molecular complexity index is 928. The van der Waals surface area contributed by atoms with E-state index in [2.05, 4.69) is 9.71 Å². The zero-order valence-corrected chi connectivity index (χ0v) is 15.5. The SMILES string of the molecule is COc1ccnc(CC(=O)N2CCc3c(cccc3NS(C)(=O)=O)C2)c1. The molecule has 2 heterocycles. The molecule has 3 rings (SSSR count). The van der Waals surface area contributed by atoms with Crippen LogP contribution >= 0.6 is 0 Å². The van der Waals surface area contributed by atoms with Crippen LogP contribution in [0.3, 0.4) is 0 Å². The van der Waals surface area contributed by atoms with Crippen LogP contribution in [-0.4, -0.2) is 44.1 Å². The number of carbonyl (C=O) groups is 1. The van der Waals surface area contributed by atoms with Crippen LogP contribution < -0.4 is 9.46 Å². The summed E-state index contributed by atoms with van der Waals surface area (Å²) in [5.74, 6) is 0.654. The first-order valence-electron chi connectivity index (χ1n) is 8.21. The lowest BCUT2D eigenvalue weighted by Gasteiger charge is -2.30. The number of hydrogen-bond donors (Lipinski definition) is 1. The van der Waals surface area contributed by atoms with Crippen molar-refractivity contribution < 1.29 is 17.9 Å². The lowest BCUT2D eigenvalue weighted by Crippen LogP contribution is -2.37. The molecule has 0 fully saturated rings. The van der Waals surface area contributed by atoms with E-state index in [-0.39, 0.29) is 12.3 Å². The Balaban J connectivity index is 1.73. The number of carbonyl (C=O) groups excluding carboxylic acids is 1. The maximum atomic E-state index is 12.6. The van der Waals surface area contributed by atoms with E-state index in [1.54, 1.807) is 42.5 Å². The second-order valence-electron chi connectivity index (χ2n) is 6.25. The van der Waals surface area contributed by atoms with Gasteiger partial charge < -0.3 is 9.64 Å². The number of pyridine rings is 1. The molecule has 138 valence electrons. The molecule has 0 unspecified atom stereocenters. The molecule has 1 aliphatic rings. The number of hydrogen-bond acceptors (Lipinski definition) is 5. The smallest absolute Gasteiger partial charge is 0.229 e. The second-order valence-corrected chi connectivity index (χ2v) is 8.00. The monoisotopic (exact) mass is 375 g/mol. The molecule has 0 atom stereocenters. The van der Waals surface area contributed by atoms with Crippen molar-refractivity contribution >= 4 is 21.6 Å². The summed E-state index contributed by atoms with van der Waals surface area (Å²) in [5.41, 5.74) is 3.15. The highest BCUT2D eigenvalue weighted by Crippen LogP contribution is 2.27. The fraction of sp³-hybridized carbons (Fsp3) is 0.333. The molecule has 1 amide bonds. The summed E-state index contributed by atoms with van der Waals surface area (Å²) < 4.78 is 30.8. The number of amides is 1. The van der Waals surface area contributed by atoms with Crippen LogP contribution in [-0.2, 0) is 34.2 Å². The van der Waals surface area contributed by atoms with E-state index in [0.29, 0.717) is 36.6 Å². The minimum absolute atomic E-state index is 0.0159. The first-order chi connectivity index (χ1) is 12.4. The maximum absolute atomic E-state index is 12.6. The lowest BCUT2D eigenvalue weighted by atomic mass is 9.97. The average Bonchev–Trinajstić information content (AvgIpc) is 2.60. The average molecular weight is 375 g/mol. The third kappa shape index (κ3) is 4.32. The molecular formula is C18H21N3O4S. The highest BCUT2D eigenvalue weighted by atomic mass is 32.2. The summed E-state index contributed by atoms with van der Waals surface area (Å²) in [7, 11) is -1.76. The molecule has 8 heteroatoms. The van der Waals surface area contributed by atoms with Crippen molar-refractivity contribution in [2.75, 3.05) is 24.6 Å². The van der Waals surface area contributed by atoms with Gasteiger partial charge in [0.1, 0.15) is 5.75 Å². The molecule has 0 spiro atoms. The van der Waals surface area contributed by atoms with Gasteiger partial charge in [-0.1, -0.05) is 12.1 Å². The zero-order chi connectivity index (χ0) is 18.7. The zero-order valence-electron chi connectivity index (χ0n) is 14.7. The van der Waals surface area contributed by atoms with Crippen molar-refractivity contribution in [3.05, 3.63) is 53.3 Å². The molecular weight excluding hydrogens is 354 g/mol. The summed E-state index contributed by atoms with van der Waals surface area (Å²) in [5, 5.41) is 0. The van der Waals surface area contributed by atoms with Gasteiger partial charge in [-0.05, 0) is 29.7 Å². The van der Waals surface area contributed by atoms with Gasteiger partial charge in [-0.25, -0.2) is 8.42 Å². The Morgan fingerprint density at radius 2 is 2.15 bits per heavy atom. The van der Waals surface area contributed by atoms with Crippen molar-refractivity contribution in [2.24, 2.45) is 0 Å². The molecule has 7 nitrogen and oxygen atoms in total. The Morgan fingerprint density at radius 3 is 2.88 bits per heavy atom. The number of fused-ring (bicyclic) bond motifs is 1. The number of aromatic nitrogens is 1. The van der Waals surface area contributed by atoms with E-state index in [0.717, 1.165) is 17.4 Å². The Morgan fingerprint density at radius 1 is 1.35 bits per heavy atom. The second kappa shape index (κ2) is 7.33. The van der Waals surface area contributed by atoms with Gasteiger partial charge in [0.2, 0.25) is 15.9 Å². The molecule has 2 aromatic rings. The highest BCUT2D eigenvalue weighted by Gasteiger charge is 2.23. The van der Waals surface area contributed by atoms with Crippen molar-refractivity contribution in [3.63, 3.8) is 0 Å². The number of rotatable bonds is 5. The number of methoxy groups -OCH3 is 1. The topological polar surface area (TPSA) is 88.6 Å². The predicted octanol–water partition coefficient (Wildman–Crippen LogP) is 1.59. The molecule has 1 N–H and O–H groups in total. The molecule has 0 aliphatic carbocycles. The van der Waals surface area contributed by atoms with Crippen molar-refractivity contribution in [2.45, 2.75) is 19.4 Å². The summed E-state index contributed by atoms with van der Waals surface area (Å²) in [6.45, 7) is 0.996. The molecule has 0 saturated heterocycles. The fourth-order valence-corrected chi connectivity index (χ4v) is 3.65. The molecule has 1 aliphatic heterocycles. The summed E-state index contributed by atoms with van der Waals surface area (Å²) in [4.78, 5) is 18.6. The van der Waals surface area contributed by atoms with E-state index in [1.165, 1.54) is 0 Å². The highest BCUT2D eigenvalue weighted by molar-refractivity contribution is 7.92. The number of nitrogens with one attached hydrogen (secondary N) is 1. The van der Waals surface area contributed by atoms with Crippen LogP contribution in [0.2, 0.25) is 0 Å². The van der Waals surface area contributed by atoms with Crippen LogP contribution in [0.1, 0.15) is 16.8 Å². The van der Waals surface area contributed by atoms with E-state index >= 15 is 0 Å². The quantitative estimate of drug-likeness (QED) is 0.857. The maximum Gasteiger partial charge on any atom is 0.229 e. The van der Waals surface area contributed by atoms with Gasteiger partial charge in [-0.2, -0.15) is 0 Å². The van der Waals surface area contributed by atoms with Crippen LogP contribution in [0.5, 0.6) is 5.75 Å². The minimum atomic E-state index is -3.34. The van der Waals surface area contributed by atoms with E-state index in [9.17, 15) is 13.2 Å². The van der Waals surface area contributed by atoms with Gasteiger partial charge >= 0.3 is 0 Å². The van der Waals surface area contributed by atoms with E-state index < -0.39 is 10.0 Å². The van der Waals surface area contributed by atoms with Gasteiger partial charge in [-0.15, -0.1) is 0 Å². The van der Waals surface area contributed by atoms with Gasteiger partial charge in [0.15, 0.2) is 0 Å². The Hall–Kier alpha value is -2.61. The van der Waals surface area contributed by atoms with Crippen molar-refractivity contribution in [3.8, 4) is 5.75 Å². The number of ether oxygens (including phenoxy) is 1. The van der Waals surface area contributed by atoms with Gasteiger partial charge in [0.25, 0.3) is 0 Å². The number of benzene rings is 1. The number of nitrogens with zero attached hydrogens (tertiary/aromatic N) is 2. The van der Waals surface area contributed by atoms with Gasteiger partial charge in [-0.3, -0.25) is 14.5 Å². The van der Waals surface area contributed by atoms with Gasteiger partial charge in [0.05, 0.1) is 31.2 Å². The van der Waals surface area contributed by atoms with Crippen LogP contribution in [0.15, 0.2) is 36.5 Å². The minimum Gasteiger partial charge on any atom is -0.497 e.